The number of carbonyl (C=O) groups is 1. The average Bonchev–Trinajstić information content (AvgIpc) is 2.81. The zero-order chi connectivity index (χ0) is 11.5. The van der Waals surface area contributed by atoms with Crippen LogP contribution in [0.4, 0.5) is 4.79 Å². The van der Waals surface area contributed by atoms with Crippen molar-refractivity contribution in [2.45, 2.75) is 31.7 Å². The summed E-state index contributed by atoms with van der Waals surface area (Å²) in [7, 11) is 4.21. The molecule has 0 aromatic rings. The number of rotatable bonds is 1. The van der Waals surface area contributed by atoms with E-state index in [0.29, 0.717) is 6.04 Å². The predicted molar refractivity (Wildman–Crippen MR) is 64.5 cm³/mol. The SMILES string of the molecule is CN(C)C1CCCN(C(=O)N2CCCC2)C1. The molecule has 92 valence electrons. The fourth-order valence-electron chi connectivity index (χ4n) is 2.66. The minimum absolute atomic E-state index is 0.268. The third-order valence-corrected chi connectivity index (χ3v) is 3.77. The van der Waals surface area contributed by atoms with Crippen LogP contribution in [0, 0.1) is 0 Å². The maximum Gasteiger partial charge on any atom is 0.320 e. The first-order valence-electron chi connectivity index (χ1n) is 6.39. The average molecular weight is 225 g/mol. The molecule has 0 bridgehead atoms. The number of piperidine rings is 1. The highest BCUT2D eigenvalue weighted by molar-refractivity contribution is 5.74. The van der Waals surface area contributed by atoms with E-state index in [0.717, 1.165) is 32.6 Å². The highest BCUT2D eigenvalue weighted by Crippen LogP contribution is 2.17. The van der Waals surface area contributed by atoms with E-state index in [1.54, 1.807) is 0 Å². The quantitative estimate of drug-likeness (QED) is 0.671. The second-order valence-corrected chi connectivity index (χ2v) is 5.18. The molecule has 2 heterocycles. The van der Waals surface area contributed by atoms with E-state index in [-0.39, 0.29) is 6.03 Å². The first kappa shape index (κ1) is 11.7. The topological polar surface area (TPSA) is 26.8 Å². The van der Waals surface area contributed by atoms with Gasteiger partial charge in [0.2, 0.25) is 0 Å². The molecule has 0 aromatic heterocycles. The number of urea groups is 1. The molecule has 4 nitrogen and oxygen atoms in total. The summed E-state index contributed by atoms with van der Waals surface area (Å²) >= 11 is 0. The summed E-state index contributed by atoms with van der Waals surface area (Å²) < 4.78 is 0. The van der Waals surface area contributed by atoms with Gasteiger partial charge in [0, 0.05) is 32.2 Å². The van der Waals surface area contributed by atoms with Gasteiger partial charge in [-0.25, -0.2) is 4.79 Å². The van der Waals surface area contributed by atoms with Crippen molar-refractivity contribution >= 4 is 6.03 Å². The van der Waals surface area contributed by atoms with E-state index in [4.69, 9.17) is 0 Å². The number of likely N-dealkylation sites (N-methyl/N-ethyl adjacent to an activating group) is 1. The molecule has 1 unspecified atom stereocenters. The number of nitrogens with zero attached hydrogens (tertiary/aromatic N) is 3. The number of hydrogen-bond acceptors (Lipinski definition) is 2. The molecular weight excluding hydrogens is 202 g/mol. The third-order valence-electron chi connectivity index (χ3n) is 3.77. The number of hydrogen-bond donors (Lipinski definition) is 0. The Kier molecular flexibility index (Phi) is 3.69. The maximum atomic E-state index is 12.2. The van der Waals surface area contributed by atoms with Crippen LogP contribution in [0.5, 0.6) is 0 Å². The Bertz CT molecular complexity index is 249. The van der Waals surface area contributed by atoms with E-state index < -0.39 is 0 Å². The van der Waals surface area contributed by atoms with Gasteiger partial charge < -0.3 is 14.7 Å². The molecule has 16 heavy (non-hydrogen) atoms. The normalized spacial score (nSPS) is 26.6. The second-order valence-electron chi connectivity index (χ2n) is 5.18. The Hall–Kier alpha value is -0.770. The lowest BCUT2D eigenvalue weighted by molar-refractivity contribution is 0.118. The van der Waals surface area contributed by atoms with Gasteiger partial charge in [0.15, 0.2) is 0 Å². The van der Waals surface area contributed by atoms with Crippen LogP contribution >= 0.6 is 0 Å². The molecule has 2 rings (SSSR count). The molecular formula is C12H23N3O. The van der Waals surface area contributed by atoms with Crippen molar-refractivity contribution in [3.8, 4) is 0 Å². The van der Waals surface area contributed by atoms with E-state index in [9.17, 15) is 4.79 Å². The van der Waals surface area contributed by atoms with Crippen molar-refractivity contribution in [3.05, 3.63) is 0 Å². The van der Waals surface area contributed by atoms with Gasteiger partial charge in [-0.05, 0) is 39.8 Å². The molecule has 0 N–H and O–H groups in total. The highest BCUT2D eigenvalue weighted by atomic mass is 16.2. The number of likely N-dealkylation sites (tertiary alicyclic amines) is 2. The predicted octanol–water partition coefficient (Wildman–Crippen LogP) is 1.23. The van der Waals surface area contributed by atoms with E-state index in [2.05, 4.69) is 19.0 Å². The van der Waals surface area contributed by atoms with Crippen molar-refractivity contribution in [3.63, 3.8) is 0 Å². The van der Waals surface area contributed by atoms with Gasteiger partial charge in [-0.1, -0.05) is 0 Å². The largest absolute Gasteiger partial charge is 0.325 e. The molecule has 1 atom stereocenters. The Morgan fingerprint density at radius 3 is 2.31 bits per heavy atom. The van der Waals surface area contributed by atoms with Gasteiger partial charge in [0.05, 0.1) is 0 Å². The van der Waals surface area contributed by atoms with Crippen LogP contribution in [0.25, 0.3) is 0 Å². The minimum Gasteiger partial charge on any atom is -0.325 e. The van der Waals surface area contributed by atoms with Crippen LogP contribution in [0.3, 0.4) is 0 Å². The van der Waals surface area contributed by atoms with Crippen molar-refractivity contribution in [2.75, 3.05) is 40.3 Å². The molecule has 0 spiro atoms. The standard InChI is InChI=1S/C12H23N3O/c1-13(2)11-6-5-9-15(10-11)12(16)14-7-3-4-8-14/h11H,3-10H2,1-2H3. The molecule has 4 heteroatoms. The monoisotopic (exact) mass is 225 g/mol. The van der Waals surface area contributed by atoms with Crippen molar-refractivity contribution in [1.29, 1.82) is 0 Å². The first-order chi connectivity index (χ1) is 7.68. The van der Waals surface area contributed by atoms with Crippen molar-refractivity contribution < 1.29 is 4.79 Å². The fraction of sp³-hybridized carbons (Fsp3) is 0.917. The zero-order valence-electron chi connectivity index (χ0n) is 10.5. The summed E-state index contributed by atoms with van der Waals surface area (Å²) in [5, 5.41) is 0. The minimum atomic E-state index is 0.268. The summed E-state index contributed by atoms with van der Waals surface area (Å²) in [4.78, 5) is 18.5. The van der Waals surface area contributed by atoms with Crippen LogP contribution in [-0.2, 0) is 0 Å². The van der Waals surface area contributed by atoms with Crippen LogP contribution in [0.1, 0.15) is 25.7 Å². The van der Waals surface area contributed by atoms with Gasteiger partial charge >= 0.3 is 6.03 Å². The third kappa shape index (κ3) is 2.48. The molecule has 0 aliphatic carbocycles. The lowest BCUT2D eigenvalue weighted by Crippen LogP contribution is -2.51. The van der Waals surface area contributed by atoms with E-state index in [1.165, 1.54) is 19.3 Å². The number of amides is 2. The fourth-order valence-corrected chi connectivity index (χ4v) is 2.66. The summed E-state index contributed by atoms with van der Waals surface area (Å²) in [6.45, 7) is 3.77. The summed E-state index contributed by atoms with van der Waals surface area (Å²) in [5.41, 5.74) is 0. The van der Waals surface area contributed by atoms with Gasteiger partial charge in [0.25, 0.3) is 0 Å². The van der Waals surface area contributed by atoms with E-state index in [1.807, 2.05) is 9.80 Å². The van der Waals surface area contributed by atoms with Crippen LogP contribution in [0.2, 0.25) is 0 Å². The molecule has 2 amide bonds. The molecule has 2 fully saturated rings. The van der Waals surface area contributed by atoms with Gasteiger partial charge in [-0.3, -0.25) is 0 Å². The summed E-state index contributed by atoms with van der Waals surface area (Å²) in [6, 6.07) is 0.810. The van der Waals surface area contributed by atoms with Crippen LogP contribution in [0.15, 0.2) is 0 Å². The van der Waals surface area contributed by atoms with Crippen molar-refractivity contribution in [2.24, 2.45) is 0 Å². The smallest absolute Gasteiger partial charge is 0.320 e. The molecule has 0 saturated carbocycles. The lowest BCUT2D eigenvalue weighted by atomic mass is 10.1. The highest BCUT2D eigenvalue weighted by Gasteiger charge is 2.28. The molecule has 2 aliphatic rings. The Morgan fingerprint density at radius 1 is 1.06 bits per heavy atom. The lowest BCUT2D eigenvalue weighted by Gasteiger charge is -2.37. The van der Waals surface area contributed by atoms with E-state index >= 15 is 0 Å². The summed E-state index contributed by atoms with van der Waals surface area (Å²) in [6.07, 6.45) is 4.71. The zero-order valence-corrected chi connectivity index (χ0v) is 10.5. The first-order valence-corrected chi connectivity index (χ1v) is 6.39. The van der Waals surface area contributed by atoms with Crippen LogP contribution < -0.4 is 0 Å². The molecule has 0 aromatic carbocycles. The maximum absolute atomic E-state index is 12.2. The number of carbonyl (C=O) groups excluding carboxylic acids is 1. The molecule has 2 aliphatic heterocycles. The molecule has 0 radical (unpaired) electrons. The van der Waals surface area contributed by atoms with Gasteiger partial charge in [-0.15, -0.1) is 0 Å². The second kappa shape index (κ2) is 5.04. The Balaban J connectivity index is 1.90. The van der Waals surface area contributed by atoms with Crippen molar-refractivity contribution in [1.82, 2.24) is 14.7 Å². The Morgan fingerprint density at radius 2 is 1.69 bits per heavy atom. The van der Waals surface area contributed by atoms with Gasteiger partial charge in [0.1, 0.15) is 0 Å². The van der Waals surface area contributed by atoms with Gasteiger partial charge in [-0.2, -0.15) is 0 Å². The Labute approximate surface area is 98.2 Å². The van der Waals surface area contributed by atoms with Crippen LogP contribution in [-0.4, -0.2) is 67.0 Å². The summed E-state index contributed by atoms with van der Waals surface area (Å²) in [5.74, 6) is 0. The molecule has 2 saturated heterocycles.